The van der Waals surface area contributed by atoms with Crippen LogP contribution in [0.5, 0.6) is 5.75 Å². The Hall–Kier alpha value is -1.73. The summed E-state index contributed by atoms with van der Waals surface area (Å²) in [6, 6.07) is 1.96. The highest BCUT2D eigenvalue weighted by atomic mass is 19.1. The lowest BCUT2D eigenvalue weighted by molar-refractivity contribution is -0.385. The molecule has 1 heterocycles. The number of hydrogen-bond acceptors (Lipinski definition) is 5. The maximum absolute atomic E-state index is 13.8. The zero-order valence-electron chi connectivity index (χ0n) is 11.6. The number of nitro benzene ring substituents is 1. The standard InChI is InChI=1S/C14H18FN3O3/c15-12-8-10(18(20)21)7-11(14(12)19)13(9-1-2-9)17-5-3-16-4-6-17/h7-9,13,16,19H,1-6H2/t13-/m1/s1. The number of phenolic OH excluding ortho intramolecular Hbond substituents is 1. The van der Waals surface area contributed by atoms with Crippen molar-refractivity contribution >= 4 is 5.69 Å². The number of nitrogens with zero attached hydrogens (tertiary/aromatic N) is 2. The number of non-ortho nitro benzene ring substituents is 1. The molecule has 1 aromatic carbocycles. The first kappa shape index (κ1) is 14.2. The van der Waals surface area contributed by atoms with E-state index in [0.29, 0.717) is 11.5 Å². The molecule has 0 spiro atoms. The van der Waals surface area contributed by atoms with Crippen molar-refractivity contribution in [2.45, 2.75) is 18.9 Å². The third kappa shape index (κ3) is 2.84. The van der Waals surface area contributed by atoms with Crippen LogP contribution in [-0.2, 0) is 0 Å². The monoisotopic (exact) mass is 295 g/mol. The normalized spacial score (nSPS) is 21.2. The van der Waals surface area contributed by atoms with Crippen molar-refractivity contribution in [3.63, 3.8) is 0 Å². The molecule has 6 nitrogen and oxygen atoms in total. The van der Waals surface area contributed by atoms with Gasteiger partial charge in [0.15, 0.2) is 11.6 Å². The Morgan fingerprint density at radius 1 is 1.38 bits per heavy atom. The van der Waals surface area contributed by atoms with Crippen LogP contribution in [0, 0.1) is 21.8 Å². The summed E-state index contributed by atoms with van der Waals surface area (Å²) in [6.07, 6.45) is 2.02. The van der Waals surface area contributed by atoms with Crippen molar-refractivity contribution in [2.75, 3.05) is 26.2 Å². The highest BCUT2D eigenvalue weighted by molar-refractivity contribution is 5.46. The molecule has 0 amide bonds. The third-order valence-corrected chi connectivity index (χ3v) is 4.22. The van der Waals surface area contributed by atoms with Gasteiger partial charge in [0, 0.05) is 43.9 Å². The van der Waals surface area contributed by atoms with E-state index in [2.05, 4.69) is 10.2 Å². The molecule has 1 aliphatic carbocycles. The fourth-order valence-corrected chi connectivity index (χ4v) is 3.06. The van der Waals surface area contributed by atoms with Crippen LogP contribution in [-0.4, -0.2) is 41.1 Å². The van der Waals surface area contributed by atoms with E-state index in [0.717, 1.165) is 45.1 Å². The summed E-state index contributed by atoms with van der Waals surface area (Å²) in [4.78, 5) is 12.5. The molecule has 1 saturated carbocycles. The van der Waals surface area contributed by atoms with Gasteiger partial charge in [-0.2, -0.15) is 0 Å². The number of halogens is 1. The molecule has 7 heteroatoms. The van der Waals surface area contributed by atoms with E-state index in [4.69, 9.17) is 0 Å². The number of aromatic hydroxyl groups is 1. The van der Waals surface area contributed by atoms with E-state index in [-0.39, 0.29) is 11.7 Å². The summed E-state index contributed by atoms with van der Waals surface area (Å²) in [5.74, 6) is -1.02. The number of phenols is 1. The van der Waals surface area contributed by atoms with Gasteiger partial charge in [0.2, 0.25) is 0 Å². The summed E-state index contributed by atoms with van der Waals surface area (Å²) < 4.78 is 13.8. The first-order valence-electron chi connectivity index (χ1n) is 7.19. The zero-order valence-corrected chi connectivity index (χ0v) is 11.6. The minimum Gasteiger partial charge on any atom is -0.505 e. The van der Waals surface area contributed by atoms with Crippen LogP contribution in [0.2, 0.25) is 0 Å². The minimum atomic E-state index is -0.917. The Morgan fingerprint density at radius 2 is 2.05 bits per heavy atom. The molecule has 0 radical (unpaired) electrons. The molecular weight excluding hydrogens is 277 g/mol. The van der Waals surface area contributed by atoms with Crippen LogP contribution in [0.3, 0.4) is 0 Å². The molecule has 0 unspecified atom stereocenters. The number of nitro groups is 1. The molecule has 2 N–H and O–H groups in total. The Labute approximate surface area is 121 Å². The van der Waals surface area contributed by atoms with Crippen molar-refractivity contribution in [1.29, 1.82) is 0 Å². The molecule has 1 aliphatic heterocycles. The van der Waals surface area contributed by atoms with Crippen LogP contribution in [0.4, 0.5) is 10.1 Å². The van der Waals surface area contributed by atoms with Gasteiger partial charge in [0.1, 0.15) is 0 Å². The highest BCUT2D eigenvalue weighted by Gasteiger charge is 2.39. The molecule has 114 valence electrons. The smallest absolute Gasteiger partial charge is 0.272 e. The van der Waals surface area contributed by atoms with Gasteiger partial charge in [-0.25, -0.2) is 4.39 Å². The van der Waals surface area contributed by atoms with Gasteiger partial charge < -0.3 is 10.4 Å². The molecular formula is C14H18FN3O3. The van der Waals surface area contributed by atoms with Gasteiger partial charge in [-0.3, -0.25) is 15.0 Å². The van der Waals surface area contributed by atoms with Crippen LogP contribution in [0.25, 0.3) is 0 Å². The average molecular weight is 295 g/mol. The summed E-state index contributed by atoms with van der Waals surface area (Å²) in [5.41, 5.74) is 0.0483. The van der Waals surface area contributed by atoms with Gasteiger partial charge in [-0.1, -0.05) is 0 Å². The van der Waals surface area contributed by atoms with Crippen LogP contribution < -0.4 is 5.32 Å². The van der Waals surface area contributed by atoms with Crippen molar-refractivity contribution in [3.8, 4) is 5.75 Å². The van der Waals surface area contributed by atoms with Gasteiger partial charge >= 0.3 is 0 Å². The maximum Gasteiger partial charge on any atom is 0.272 e. The van der Waals surface area contributed by atoms with E-state index in [9.17, 15) is 19.6 Å². The molecule has 2 fully saturated rings. The lowest BCUT2D eigenvalue weighted by Crippen LogP contribution is -2.45. The van der Waals surface area contributed by atoms with Crippen LogP contribution in [0.1, 0.15) is 24.4 Å². The quantitative estimate of drug-likeness (QED) is 0.654. The summed E-state index contributed by atoms with van der Waals surface area (Å²) in [5, 5.41) is 24.2. The number of nitrogens with one attached hydrogen (secondary N) is 1. The van der Waals surface area contributed by atoms with Crippen molar-refractivity contribution in [3.05, 3.63) is 33.6 Å². The molecule has 0 aromatic heterocycles. The van der Waals surface area contributed by atoms with Gasteiger partial charge in [0.25, 0.3) is 5.69 Å². The molecule has 1 aromatic rings. The molecule has 3 rings (SSSR count). The van der Waals surface area contributed by atoms with Crippen molar-refractivity contribution < 1.29 is 14.4 Å². The lowest BCUT2D eigenvalue weighted by Gasteiger charge is -2.35. The van der Waals surface area contributed by atoms with E-state index >= 15 is 0 Å². The Kier molecular flexibility index (Phi) is 3.77. The van der Waals surface area contributed by atoms with Gasteiger partial charge in [0.05, 0.1) is 11.0 Å². The Bertz CT molecular complexity index is 557. The average Bonchev–Trinajstić information content (AvgIpc) is 3.29. The molecule has 0 bridgehead atoms. The van der Waals surface area contributed by atoms with E-state index < -0.39 is 16.5 Å². The third-order valence-electron chi connectivity index (χ3n) is 4.22. The fraction of sp³-hybridized carbons (Fsp3) is 0.571. The largest absolute Gasteiger partial charge is 0.505 e. The molecule has 1 saturated heterocycles. The molecule has 21 heavy (non-hydrogen) atoms. The van der Waals surface area contributed by atoms with Gasteiger partial charge in [-0.05, 0) is 18.8 Å². The first-order chi connectivity index (χ1) is 10.1. The van der Waals surface area contributed by atoms with Crippen LogP contribution in [0.15, 0.2) is 12.1 Å². The Morgan fingerprint density at radius 3 is 2.62 bits per heavy atom. The first-order valence-corrected chi connectivity index (χ1v) is 7.19. The van der Waals surface area contributed by atoms with E-state index in [1.807, 2.05) is 0 Å². The second kappa shape index (κ2) is 5.57. The second-order valence-electron chi connectivity index (χ2n) is 5.69. The Balaban J connectivity index is 2.00. The van der Waals surface area contributed by atoms with E-state index in [1.165, 1.54) is 6.07 Å². The molecule has 2 aliphatic rings. The van der Waals surface area contributed by atoms with Gasteiger partial charge in [-0.15, -0.1) is 0 Å². The predicted molar refractivity (Wildman–Crippen MR) is 74.6 cm³/mol. The number of piperazine rings is 1. The van der Waals surface area contributed by atoms with E-state index in [1.54, 1.807) is 0 Å². The second-order valence-corrected chi connectivity index (χ2v) is 5.69. The predicted octanol–water partition coefficient (Wildman–Crippen LogP) is 1.80. The van der Waals surface area contributed by atoms with Crippen molar-refractivity contribution in [1.82, 2.24) is 10.2 Å². The van der Waals surface area contributed by atoms with Crippen molar-refractivity contribution in [2.24, 2.45) is 5.92 Å². The maximum atomic E-state index is 13.8. The zero-order chi connectivity index (χ0) is 15.0. The summed E-state index contributed by atoms with van der Waals surface area (Å²) >= 11 is 0. The lowest BCUT2D eigenvalue weighted by atomic mass is 9.98. The highest BCUT2D eigenvalue weighted by Crippen LogP contribution is 2.48. The van der Waals surface area contributed by atoms with Crippen LogP contribution >= 0.6 is 0 Å². The number of benzene rings is 1. The molecule has 1 atom stereocenters. The summed E-state index contributed by atoms with van der Waals surface area (Å²) in [7, 11) is 0. The number of rotatable bonds is 4. The summed E-state index contributed by atoms with van der Waals surface area (Å²) in [6.45, 7) is 3.26. The SMILES string of the molecule is O=[N+]([O-])c1cc(F)c(O)c([C@@H](C2CC2)N2CCNCC2)c1. The fourth-order valence-electron chi connectivity index (χ4n) is 3.06. The minimum absolute atomic E-state index is 0.138. The topological polar surface area (TPSA) is 78.6 Å². The number of hydrogen-bond donors (Lipinski definition) is 2.